The Morgan fingerprint density at radius 1 is 1.56 bits per heavy atom. The minimum absolute atomic E-state index is 0.330. The van der Waals surface area contributed by atoms with Gasteiger partial charge in [0.25, 0.3) is 0 Å². The van der Waals surface area contributed by atoms with E-state index in [1.807, 2.05) is 0 Å². The molecule has 1 saturated carbocycles. The zero-order valence-corrected chi connectivity index (χ0v) is 6.01. The van der Waals surface area contributed by atoms with Gasteiger partial charge in [-0.15, -0.1) is 0 Å². The molecule has 0 bridgehead atoms. The molecule has 0 amide bonds. The molecule has 1 aliphatic carbocycles. The Hall–Kier alpha value is -0.0800. The van der Waals surface area contributed by atoms with Crippen molar-refractivity contribution in [3.05, 3.63) is 0 Å². The van der Waals surface area contributed by atoms with Gasteiger partial charge in [-0.05, 0) is 26.3 Å². The Morgan fingerprint density at radius 2 is 2.22 bits per heavy atom. The number of rotatable bonds is 4. The topological polar surface area (TPSA) is 23.5 Å². The lowest BCUT2D eigenvalue weighted by Crippen LogP contribution is -2.22. The van der Waals surface area contributed by atoms with Crippen molar-refractivity contribution in [2.24, 2.45) is 0 Å². The van der Waals surface area contributed by atoms with E-state index in [0.717, 1.165) is 19.0 Å². The largest absolute Gasteiger partial charge is 0.396 e. The van der Waals surface area contributed by atoms with Crippen molar-refractivity contribution < 1.29 is 5.11 Å². The van der Waals surface area contributed by atoms with Gasteiger partial charge < -0.3 is 10.0 Å². The first-order chi connectivity index (χ1) is 4.34. The summed E-state index contributed by atoms with van der Waals surface area (Å²) < 4.78 is 0. The van der Waals surface area contributed by atoms with Gasteiger partial charge in [0.05, 0.1) is 0 Å². The Labute approximate surface area is 56.5 Å². The molecular formula is C7H15NO. The Bertz CT molecular complexity index is 81.0. The zero-order chi connectivity index (χ0) is 6.69. The molecule has 1 rings (SSSR count). The van der Waals surface area contributed by atoms with E-state index in [1.165, 1.54) is 12.8 Å². The van der Waals surface area contributed by atoms with Crippen molar-refractivity contribution in [2.45, 2.75) is 25.3 Å². The fourth-order valence-electron chi connectivity index (χ4n) is 1.02. The van der Waals surface area contributed by atoms with Crippen LogP contribution in [0.2, 0.25) is 0 Å². The van der Waals surface area contributed by atoms with Crippen LogP contribution < -0.4 is 0 Å². The molecule has 0 saturated heterocycles. The van der Waals surface area contributed by atoms with Crippen molar-refractivity contribution in [1.29, 1.82) is 0 Å². The molecule has 0 aromatic heterocycles. The smallest absolute Gasteiger partial charge is 0.0443 e. The lowest BCUT2D eigenvalue weighted by molar-refractivity contribution is 0.243. The van der Waals surface area contributed by atoms with Gasteiger partial charge in [0.15, 0.2) is 0 Å². The molecule has 1 N–H and O–H groups in total. The maximum Gasteiger partial charge on any atom is 0.0443 e. The van der Waals surface area contributed by atoms with Crippen LogP contribution in [0.5, 0.6) is 0 Å². The van der Waals surface area contributed by atoms with E-state index < -0.39 is 0 Å². The predicted molar refractivity (Wildman–Crippen MR) is 37.4 cm³/mol. The highest BCUT2D eigenvalue weighted by atomic mass is 16.3. The summed E-state index contributed by atoms with van der Waals surface area (Å²) in [5.74, 6) is 0. The fraction of sp³-hybridized carbons (Fsp3) is 1.00. The molecule has 0 heterocycles. The minimum atomic E-state index is 0.330. The van der Waals surface area contributed by atoms with Crippen LogP contribution >= 0.6 is 0 Å². The van der Waals surface area contributed by atoms with Gasteiger partial charge >= 0.3 is 0 Å². The highest BCUT2D eigenvalue weighted by molar-refractivity contribution is 4.81. The maximum atomic E-state index is 8.49. The fourth-order valence-corrected chi connectivity index (χ4v) is 1.02. The first kappa shape index (κ1) is 7.03. The van der Waals surface area contributed by atoms with Gasteiger partial charge in [0.1, 0.15) is 0 Å². The molecule has 0 spiro atoms. The lowest BCUT2D eigenvalue weighted by atomic mass is 10.4. The Balaban J connectivity index is 1.96. The van der Waals surface area contributed by atoms with Gasteiger partial charge in [-0.1, -0.05) is 0 Å². The Morgan fingerprint density at radius 3 is 2.67 bits per heavy atom. The molecule has 0 radical (unpaired) electrons. The molecule has 2 nitrogen and oxygen atoms in total. The molecule has 0 atom stereocenters. The standard InChI is InChI=1S/C7H15NO/c1-8(5-2-6-9)7-3-4-7/h7,9H,2-6H2,1H3. The molecule has 1 aliphatic rings. The monoisotopic (exact) mass is 129 g/mol. The predicted octanol–water partition coefficient (Wildman–Crippen LogP) is 0.463. The maximum absolute atomic E-state index is 8.49. The summed E-state index contributed by atoms with van der Waals surface area (Å²) in [4.78, 5) is 2.33. The summed E-state index contributed by atoms with van der Waals surface area (Å²) >= 11 is 0. The third-order valence-electron chi connectivity index (χ3n) is 1.84. The van der Waals surface area contributed by atoms with Crippen LogP contribution in [0.15, 0.2) is 0 Å². The number of nitrogens with zero attached hydrogens (tertiary/aromatic N) is 1. The van der Waals surface area contributed by atoms with E-state index in [-0.39, 0.29) is 0 Å². The zero-order valence-electron chi connectivity index (χ0n) is 6.01. The van der Waals surface area contributed by atoms with Crippen molar-refractivity contribution in [3.63, 3.8) is 0 Å². The molecule has 0 aromatic carbocycles. The molecule has 54 valence electrons. The number of aliphatic hydroxyl groups excluding tert-OH is 1. The van der Waals surface area contributed by atoms with Crippen LogP contribution in [0.4, 0.5) is 0 Å². The first-order valence-corrected chi connectivity index (χ1v) is 3.65. The van der Waals surface area contributed by atoms with Crippen molar-refractivity contribution in [2.75, 3.05) is 20.2 Å². The molecule has 1 fully saturated rings. The Kier molecular flexibility index (Phi) is 2.49. The molecular weight excluding hydrogens is 114 g/mol. The number of hydrogen-bond donors (Lipinski definition) is 1. The van der Waals surface area contributed by atoms with Crippen LogP contribution in [0.25, 0.3) is 0 Å². The second-order valence-corrected chi connectivity index (χ2v) is 2.79. The minimum Gasteiger partial charge on any atom is -0.396 e. The van der Waals surface area contributed by atoms with Crippen LogP contribution in [0, 0.1) is 0 Å². The summed E-state index contributed by atoms with van der Waals surface area (Å²) in [5.41, 5.74) is 0. The molecule has 9 heavy (non-hydrogen) atoms. The summed E-state index contributed by atoms with van der Waals surface area (Å²) in [7, 11) is 2.13. The second-order valence-electron chi connectivity index (χ2n) is 2.79. The second kappa shape index (κ2) is 3.18. The molecule has 0 aliphatic heterocycles. The number of aliphatic hydroxyl groups is 1. The normalized spacial score (nSPS) is 19.0. The number of hydrogen-bond acceptors (Lipinski definition) is 2. The van der Waals surface area contributed by atoms with Gasteiger partial charge in [0.2, 0.25) is 0 Å². The van der Waals surface area contributed by atoms with E-state index in [1.54, 1.807) is 0 Å². The van der Waals surface area contributed by atoms with Crippen LogP contribution in [0.1, 0.15) is 19.3 Å². The lowest BCUT2D eigenvalue weighted by Gasteiger charge is -2.13. The van der Waals surface area contributed by atoms with Gasteiger partial charge in [-0.25, -0.2) is 0 Å². The van der Waals surface area contributed by atoms with Crippen molar-refractivity contribution >= 4 is 0 Å². The third kappa shape index (κ3) is 2.33. The molecule has 0 unspecified atom stereocenters. The van der Waals surface area contributed by atoms with E-state index in [4.69, 9.17) is 5.11 Å². The van der Waals surface area contributed by atoms with E-state index in [9.17, 15) is 0 Å². The highest BCUT2D eigenvalue weighted by Crippen LogP contribution is 2.24. The van der Waals surface area contributed by atoms with Crippen LogP contribution in [0.3, 0.4) is 0 Å². The van der Waals surface area contributed by atoms with Crippen molar-refractivity contribution in [1.82, 2.24) is 4.90 Å². The molecule has 2 heteroatoms. The van der Waals surface area contributed by atoms with E-state index >= 15 is 0 Å². The third-order valence-corrected chi connectivity index (χ3v) is 1.84. The average molecular weight is 129 g/mol. The summed E-state index contributed by atoms with van der Waals surface area (Å²) in [6.07, 6.45) is 3.65. The first-order valence-electron chi connectivity index (χ1n) is 3.65. The van der Waals surface area contributed by atoms with Crippen LogP contribution in [-0.4, -0.2) is 36.2 Å². The van der Waals surface area contributed by atoms with E-state index in [0.29, 0.717) is 6.61 Å². The SMILES string of the molecule is CN(CCCO)C1CC1. The van der Waals surface area contributed by atoms with Crippen molar-refractivity contribution in [3.8, 4) is 0 Å². The van der Waals surface area contributed by atoms with E-state index in [2.05, 4.69) is 11.9 Å². The summed E-state index contributed by atoms with van der Waals surface area (Å²) in [6, 6.07) is 0.844. The summed E-state index contributed by atoms with van der Waals surface area (Å²) in [5, 5.41) is 8.49. The van der Waals surface area contributed by atoms with Crippen LogP contribution in [-0.2, 0) is 0 Å². The average Bonchev–Trinajstić information content (AvgIpc) is 2.63. The molecule has 0 aromatic rings. The quantitative estimate of drug-likeness (QED) is 0.596. The highest BCUT2D eigenvalue weighted by Gasteiger charge is 2.24. The van der Waals surface area contributed by atoms with Gasteiger partial charge in [0, 0.05) is 19.2 Å². The van der Waals surface area contributed by atoms with Gasteiger partial charge in [-0.3, -0.25) is 0 Å². The summed E-state index contributed by atoms with van der Waals surface area (Å²) in [6.45, 7) is 1.39. The van der Waals surface area contributed by atoms with Gasteiger partial charge in [-0.2, -0.15) is 0 Å².